The lowest BCUT2D eigenvalue weighted by Gasteiger charge is -2.33. The average molecular weight is 422 g/mol. The summed E-state index contributed by atoms with van der Waals surface area (Å²) < 4.78 is 19.9. The van der Waals surface area contributed by atoms with E-state index < -0.39 is 6.10 Å². The Hall–Kier alpha value is -3.46. The third-order valence-electron chi connectivity index (χ3n) is 5.00. The molecule has 0 bridgehead atoms. The predicted octanol–water partition coefficient (Wildman–Crippen LogP) is 2.66. The molecule has 9 heteroatoms. The highest BCUT2D eigenvalue weighted by Gasteiger charge is 2.30. The molecule has 0 N–H and O–H groups in total. The van der Waals surface area contributed by atoms with Crippen LogP contribution in [0.2, 0.25) is 0 Å². The lowest BCUT2D eigenvalue weighted by atomic mass is 10.0. The summed E-state index contributed by atoms with van der Waals surface area (Å²) in [5.41, 5.74) is 2.95. The van der Waals surface area contributed by atoms with Gasteiger partial charge in [-0.3, -0.25) is 9.78 Å². The molecular weight excluding hydrogens is 399 g/mol. The second kappa shape index (κ2) is 8.73. The van der Waals surface area contributed by atoms with Crippen LogP contribution in [-0.4, -0.2) is 64.5 Å². The first-order valence-corrected chi connectivity index (χ1v) is 9.92. The first kappa shape index (κ1) is 20.8. The smallest absolute Gasteiger partial charge is 0.274 e. The van der Waals surface area contributed by atoms with Crippen molar-refractivity contribution in [1.82, 2.24) is 24.8 Å². The first-order chi connectivity index (χ1) is 14.9. The number of aryl methyl sites for hydroxylation is 1. The van der Waals surface area contributed by atoms with E-state index in [1.54, 1.807) is 34.3 Å². The van der Waals surface area contributed by atoms with Crippen LogP contribution in [0.3, 0.4) is 0 Å². The lowest BCUT2D eigenvalue weighted by molar-refractivity contribution is -0.0246. The molecular formula is C22H23FN6O2. The zero-order valence-corrected chi connectivity index (χ0v) is 17.6. The number of rotatable bonds is 4. The Labute approximate surface area is 179 Å². The highest BCUT2D eigenvalue weighted by molar-refractivity contribution is 5.92. The molecule has 1 aromatic carbocycles. The Bertz CT molecular complexity index is 1090. The van der Waals surface area contributed by atoms with Crippen LogP contribution >= 0.6 is 0 Å². The molecule has 0 unspecified atom stereocenters. The van der Waals surface area contributed by atoms with Crippen molar-refractivity contribution in [3.63, 3.8) is 0 Å². The quantitative estimate of drug-likeness (QED) is 0.639. The minimum absolute atomic E-state index is 0.213. The van der Waals surface area contributed by atoms with E-state index in [4.69, 9.17) is 4.74 Å². The lowest BCUT2D eigenvalue weighted by Crippen LogP contribution is -2.43. The van der Waals surface area contributed by atoms with E-state index in [-0.39, 0.29) is 17.4 Å². The predicted molar refractivity (Wildman–Crippen MR) is 113 cm³/mol. The number of anilines is 1. The number of carbonyl (C=O) groups is 1. The summed E-state index contributed by atoms with van der Waals surface area (Å²) in [6, 6.07) is 6.26. The van der Waals surface area contributed by atoms with Gasteiger partial charge in [-0.15, -0.1) is 0 Å². The van der Waals surface area contributed by atoms with Gasteiger partial charge >= 0.3 is 0 Å². The Morgan fingerprint density at radius 1 is 1.19 bits per heavy atom. The fraction of sp³-hybridized carbons (Fsp3) is 0.318. The molecule has 1 saturated heterocycles. The number of carbonyl (C=O) groups excluding carboxylic acids is 1. The minimum atomic E-state index is -0.490. The molecule has 1 amide bonds. The summed E-state index contributed by atoms with van der Waals surface area (Å²) in [4.78, 5) is 33.8. The van der Waals surface area contributed by atoms with Crippen LogP contribution < -0.4 is 4.90 Å². The zero-order chi connectivity index (χ0) is 22.0. The molecule has 3 heterocycles. The van der Waals surface area contributed by atoms with Crippen molar-refractivity contribution >= 4 is 11.9 Å². The SMILES string of the molecule is Cc1cnc(C(=O)N2CCO[C@@H](c3nc(N(C)C)ncc3-c3cccc(F)c3)C2)cn1. The summed E-state index contributed by atoms with van der Waals surface area (Å²) in [6.45, 7) is 2.89. The zero-order valence-electron chi connectivity index (χ0n) is 17.6. The second-order valence-electron chi connectivity index (χ2n) is 7.53. The number of nitrogens with zero attached hydrogens (tertiary/aromatic N) is 6. The van der Waals surface area contributed by atoms with Gasteiger partial charge in [-0.2, -0.15) is 0 Å². The van der Waals surface area contributed by atoms with E-state index in [0.717, 1.165) is 5.69 Å². The molecule has 2 aromatic heterocycles. The van der Waals surface area contributed by atoms with Crippen molar-refractivity contribution < 1.29 is 13.9 Å². The molecule has 160 valence electrons. The number of morpholine rings is 1. The van der Waals surface area contributed by atoms with Gasteiger partial charge in [0.1, 0.15) is 17.6 Å². The van der Waals surface area contributed by atoms with Crippen LogP contribution in [0.4, 0.5) is 10.3 Å². The average Bonchev–Trinajstić information content (AvgIpc) is 2.79. The van der Waals surface area contributed by atoms with Gasteiger partial charge in [0.05, 0.1) is 30.7 Å². The maximum Gasteiger partial charge on any atom is 0.274 e. The van der Waals surface area contributed by atoms with Crippen LogP contribution in [-0.2, 0) is 4.74 Å². The molecule has 1 aliphatic rings. The van der Waals surface area contributed by atoms with Crippen LogP contribution in [0.1, 0.15) is 28.0 Å². The molecule has 0 radical (unpaired) electrons. The van der Waals surface area contributed by atoms with Gasteiger partial charge < -0.3 is 14.5 Å². The number of ether oxygens (including phenoxy) is 1. The highest BCUT2D eigenvalue weighted by Crippen LogP contribution is 2.32. The van der Waals surface area contributed by atoms with Gasteiger partial charge in [0, 0.05) is 38.6 Å². The van der Waals surface area contributed by atoms with Crippen molar-refractivity contribution in [1.29, 1.82) is 0 Å². The Morgan fingerprint density at radius 3 is 2.74 bits per heavy atom. The van der Waals surface area contributed by atoms with Crippen LogP contribution in [0.15, 0.2) is 42.9 Å². The summed E-state index contributed by atoms with van der Waals surface area (Å²) >= 11 is 0. The Kier molecular flexibility index (Phi) is 5.85. The molecule has 4 rings (SSSR count). The van der Waals surface area contributed by atoms with Gasteiger partial charge in [0.15, 0.2) is 0 Å². The summed E-state index contributed by atoms with van der Waals surface area (Å²) in [6.07, 6.45) is 4.23. The maximum atomic E-state index is 13.9. The Morgan fingerprint density at radius 2 is 2.03 bits per heavy atom. The van der Waals surface area contributed by atoms with Crippen LogP contribution in [0.25, 0.3) is 11.1 Å². The van der Waals surface area contributed by atoms with E-state index in [9.17, 15) is 9.18 Å². The van der Waals surface area contributed by atoms with Crippen LogP contribution in [0.5, 0.6) is 0 Å². The molecule has 0 saturated carbocycles. The number of halogens is 1. The number of benzene rings is 1. The monoisotopic (exact) mass is 422 g/mol. The van der Waals surface area contributed by atoms with Crippen molar-refractivity contribution in [3.8, 4) is 11.1 Å². The standard InChI is InChI=1S/C22H23FN6O2/c1-14-10-25-18(12-24-14)21(30)29-7-8-31-19(13-29)20-17(11-26-22(27-20)28(2)3)15-5-4-6-16(23)9-15/h4-6,9-12,19H,7-8,13H2,1-3H3/t19-/m1/s1. The minimum Gasteiger partial charge on any atom is -0.368 e. The largest absolute Gasteiger partial charge is 0.368 e. The number of hydrogen-bond donors (Lipinski definition) is 0. The third kappa shape index (κ3) is 4.51. The van der Waals surface area contributed by atoms with E-state index in [2.05, 4.69) is 19.9 Å². The van der Waals surface area contributed by atoms with Gasteiger partial charge in [-0.25, -0.2) is 19.3 Å². The van der Waals surface area contributed by atoms with Gasteiger partial charge in [0.25, 0.3) is 5.91 Å². The number of aromatic nitrogens is 4. The summed E-state index contributed by atoms with van der Waals surface area (Å²) in [5.74, 6) is -0.0546. The highest BCUT2D eigenvalue weighted by atomic mass is 19.1. The molecule has 31 heavy (non-hydrogen) atoms. The van der Waals surface area contributed by atoms with Gasteiger partial charge in [-0.1, -0.05) is 12.1 Å². The van der Waals surface area contributed by atoms with Crippen molar-refractivity contribution in [2.75, 3.05) is 38.7 Å². The fourth-order valence-corrected chi connectivity index (χ4v) is 3.39. The normalized spacial score (nSPS) is 16.3. The van der Waals surface area contributed by atoms with E-state index in [0.29, 0.717) is 42.5 Å². The van der Waals surface area contributed by atoms with Gasteiger partial charge in [0.2, 0.25) is 5.95 Å². The molecule has 8 nitrogen and oxygen atoms in total. The fourth-order valence-electron chi connectivity index (χ4n) is 3.39. The molecule has 0 aliphatic carbocycles. The van der Waals surface area contributed by atoms with Crippen LogP contribution in [0, 0.1) is 12.7 Å². The maximum absolute atomic E-state index is 13.9. The van der Waals surface area contributed by atoms with Crippen molar-refractivity contribution in [3.05, 3.63) is 65.8 Å². The third-order valence-corrected chi connectivity index (χ3v) is 5.00. The summed E-state index contributed by atoms with van der Waals surface area (Å²) in [7, 11) is 3.68. The molecule has 1 fully saturated rings. The van der Waals surface area contributed by atoms with Gasteiger partial charge in [-0.05, 0) is 24.6 Å². The molecule has 1 atom stereocenters. The Balaban J connectivity index is 1.68. The number of amides is 1. The van der Waals surface area contributed by atoms with Crippen molar-refractivity contribution in [2.24, 2.45) is 0 Å². The molecule has 0 spiro atoms. The van der Waals surface area contributed by atoms with Crippen molar-refractivity contribution in [2.45, 2.75) is 13.0 Å². The first-order valence-electron chi connectivity index (χ1n) is 9.92. The molecule has 1 aliphatic heterocycles. The second-order valence-corrected chi connectivity index (χ2v) is 7.53. The number of hydrogen-bond acceptors (Lipinski definition) is 7. The van der Waals surface area contributed by atoms with E-state index >= 15 is 0 Å². The molecule has 3 aromatic rings. The van der Waals surface area contributed by atoms with E-state index in [1.807, 2.05) is 21.0 Å². The summed E-state index contributed by atoms with van der Waals surface area (Å²) in [5, 5.41) is 0. The topological polar surface area (TPSA) is 84.3 Å². The van der Waals surface area contributed by atoms with E-state index in [1.165, 1.54) is 18.3 Å².